The van der Waals surface area contributed by atoms with E-state index in [1.165, 1.54) is 15.9 Å². The summed E-state index contributed by atoms with van der Waals surface area (Å²) in [6, 6.07) is 15.2. The molecule has 0 atom stereocenters. The fourth-order valence-corrected chi connectivity index (χ4v) is 3.74. The summed E-state index contributed by atoms with van der Waals surface area (Å²) in [5.41, 5.74) is 1.49. The van der Waals surface area contributed by atoms with Crippen molar-refractivity contribution in [2.24, 2.45) is 5.92 Å². The van der Waals surface area contributed by atoms with Gasteiger partial charge in [0.25, 0.3) is 5.56 Å². The third-order valence-corrected chi connectivity index (χ3v) is 5.26. The second kappa shape index (κ2) is 8.05. The fraction of sp³-hybridized carbons (Fsp3) is 0.227. The minimum absolute atomic E-state index is 0.188. The van der Waals surface area contributed by atoms with E-state index in [1.54, 1.807) is 7.11 Å². The van der Waals surface area contributed by atoms with Crippen molar-refractivity contribution in [1.82, 2.24) is 14.6 Å². The van der Waals surface area contributed by atoms with Crippen molar-refractivity contribution in [3.05, 3.63) is 69.0 Å². The van der Waals surface area contributed by atoms with E-state index in [1.807, 2.05) is 54.6 Å². The van der Waals surface area contributed by atoms with E-state index in [2.05, 4.69) is 23.9 Å². The Bertz CT molecular complexity index is 1240. The summed E-state index contributed by atoms with van der Waals surface area (Å²) >= 11 is 1.31. The van der Waals surface area contributed by atoms with Crippen LogP contribution >= 0.6 is 11.3 Å². The highest BCUT2D eigenvalue weighted by molar-refractivity contribution is 7.15. The van der Waals surface area contributed by atoms with Crippen LogP contribution in [0, 0.1) is 5.92 Å². The zero-order valence-electron chi connectivity index (χ0n) is 16.5. The molecular weight excluding hydrogens is 386 g/mol. The van der Waals surface area contributed by atoms with E-state index in [-0.39, 0.29) is 5.56 Å². The highest BCUT2D eigenvalue weighted by Gasteiger charge is 2.12. The predicted molar refractivity (Wildman–Crippen MR) is 115 cm³/mol. The predicted octanol–water partition coefficient (Wildman–Crippen LogP) is 3.41. The Balaban J connectivity index is 1.65. The van der Waals surface area contributed by atoms with E-state index in [9.17, 15) is 4.79 Å². The van der Waals surface area contributed by atoms with Crippen molar-refractivity contribution in [2.45, 2.75) is 13.8 Å². The van der Waals surface area contributed by atoms with E-state index in [0.29, 0.717) is 33.6 Å². The minimum Gasteiger partial charge on any atom is -0.496 e. The smallest absolute Gasteiger partial charge is 0.291 e. The number of fused-ring (bicyclic) bond motifs is 1. The number of rotatable bonds is 6. The molecule has 0 aliphatic carbocycles. The summed E-state index contributed by atoms with van der Waals surface area (Å²) in [6.07, 6.45) is 1.81. The normalized spacial score (nSPS) is 12.1. The molecule has 0 bridgehead atoms. The van der Waals surface area contributed by atoms with Gasteiger partial charge >= 0.3 is 0 Å². The number of ether oxygens (including phenoxy) is 2. The molecule has 0 radical (unpaired) electrons. The van der Waals surface area contributed by atoms with Gasteiger partial charge in [0.05, 0.1) is 18.2 Å². The summed E-state index contributed by atoms with van der Waals surface area (Å²) in [5.74, 6) is 2.51. The third kappa shape index (κ3) is 4.00. The zero-order chi connectivity index (χ0) is 20.4. The van der Waals surface area contributed by atoms with E-state index in [0.717, 1.165) is 16.9 Å². The van der Waals surface area contributed by atoms with Crippen LogP contribution in [-0.2, 0) is 0 Å². The van der Waals surface area contributed by atoms with Crippen LogP contribution in [0.1, 0.15) is 19.4 Å². The number of hydrogen-bond donors (Lipinski definition) is 0. The van der Waals surface area contributed by atoms with Crippen LogP contribution in [0.4, 0.5) is 0 Å². The Morgan fingerprint density at radius 3 is 2.59 bits per heavy atom. The largest absolute Gasteiger partial charge is 0.496 e. The van der Waals surface area contributed by atoms with Crippen LogP contribution in [0.25, 0.3) is 22.4 Å². The Hall–Kier alpha value is -3.19. The molecule has 0 aliphatic heterocycles. The first kappa shape index (κ1) is 19.1. The maximum atomic E-state index is 12.8. The first-order chi connectivity index (χ1) is 14.0. The summed E-state index contributed by atoms with van der Waals surface area (Å²) in [6.45, 7) is 4.88. The molecule has 0 unspecified atom stereocenters. The van der Waals surface area contributed by atoms with Crippen LogP contribution in [-0.4, -0.2) is 28.3 Å². The third-order valence-electron chi connectivity index (χ3n) is 4.30. The molecule has 0 N–H and O–H groups in total. The summed E-state index contributed by atoms with van der Waals surface area (Å²) < 4.78 is 13.0. The second-order valence-electron chi connectivity index (χ2n) is 7.02. The molecule has 6 nitrogen and oxygen atoms in total. The van der Waals surface area contributed by atoms with Gasteiger partial charge in [-0.05, 0) is 42.3 Å². The van der Waals surface area contributed by atoms with Gasteiger partial charge in [-0.1, -0.05) is 43.4 Å². The number of thiazole rings is 1. The number of para-hydroxylation sites is 1. The van der Waals surface area contributed by atoms with Crippen LogP contribution in [0.5, 0.6) is 11.5 Å². The zero-order valence-corrected chi connectivity index (χ0v) is 17.3. The van der Waals surface area contributed by atoms with Crippen LogP contribution in [0.2, 0.25) is 0 Å². The second-order valence-corrected chi connectivity index (χ2v) is 8.03. The molecule has 0 spiro atoms. The average molecular weight is 407 g/mol. The molecule has 2 heterocycles. The van der Waals surface area contributed by atoms with Crippen LogP contribution in [0.15, 0.2) is 53.3 Å². The number of methoxy groups -OCH3 is 1. The number of benzene rings is 2. The van der Waals surface area contributed by atoms with Crippen molar-refractivity contribution in [3.63, 3.8) is 0 Å². The average Bonchev–Trinajstić information content (AvgIpc) is 3.27. The molecule has 29 heavy (non-hydrogen) atoms. The maximum absolute atomic E-state index is 12.8. The monoisotopic (exact) mass is 407 g/mol. The molecule has 2 aromatic heterocycles. The summed E-state index contributed by atoms with van der Waals surface area (Å²) in [4.78, 5) is 17.9. The lowest BCUT2D eigenvalue weighted by atomic mass is 10.2. The lowest BCUT2D eigenvalue weighted by Crippen LogP contribution is -2.23. The number of aromatic nitrogens is 3. The van der Waals surface area contributed by atoms with Gasteiger partial charge in [-0.3, -0.25) is 4.79 Å². The lowest BCUT2D eigenvalue weighted by molar-refractivity contribution is 0.271. The van der Waals surface area contributed by atoms with E-state index < -0.39 is 0 Å². The van der Waals surface area contributed by atoms with Gasteiger partial charge in [0.15, 0.2) is 5.82 Å². The van der Waals surface area contributed by atoms with Crippen LogP contribution in [0.3, 0.4) is 0 Å². The standard InChI is InChI=1S/C22H21N3O3S/c1-14(2)13-28-17-10-8-15(9-11-17)20-23-22-25(24-20)21(26)19(29-22)12-16-6-4-5-7-18(16)27-3/h4-12,14H,13H2,1-3H3. The topological polar surface area (TPSA) is 65.7 Å². The molecule has 4 aromatic rings. The molecule has 0 fully saturated rings. The van der Waals surface area contributed by atoms with Crippen molar-refractivity contribution < 1.29 is 9.47 Å². The summed E-state index contributed by atoms with van der Waals surface area (Å²) in [7, 11) is 1.61. The van der Waals surface area contributed by atoms with Gasteiger partial charge in [0, 0.05) is 11.1 Å². The van der Waals surface area contributed by atoms with Gasteiger partial charge in [-0.25, -0.2) is 0 Å². The molecule has 2 aromatic carbocycles. The lowest BCUT2D eigenvalue weighted by Gasteiger charge is -2.08. The SMILES string of the molecule is COc1ccccc1C=c1sc2nc(-c3ccc(OCC(C)C)cc3)nn2c1=O. The molecular formula is C22H21N3O3S. The van der Waals surface area contributed by atoms with Gasteiger partial charge in [-0.2, -0.15) is 9.50 Å². The molecule has 148 valence electrons. The van der Waals surface area contributed by atoms with Gasteiger partial charge in [-0.15, -0.1) is 5.10 Å². The number of hydrogen-bond acceptors (Lipinski definition) is 6. The molecule has 7 heteroatoms. The Morgan fingerprint density at radius 2 is 1.90 bits per heavy atom. The Labute approximate surface area is 172 Å². The number of nitrogens with zero attached hydrogens (tertiary/aromatic N) is 3. The molecule has 0 saturated heterocycles. The molecule has 0 saturated carbocycles. The van der Waals surface area contributed by atoms with Gasteiger partial charge in [0.2, 0.25) is 4.96 Å². The van der Waals surface area contributed by atoms with E-state index in [4.69, 9.17) is 9.47 Å². The molecule has 4 rings (SSSR count). The first-order valence-electron chi connectivity index (χ1n) is 9.32. The highest BCUT2D eigenvalue weighted by atomic mass is 32.1. The van der Waals surface area contributed by atoms with Crippen molar-refractivity contribution in [2.75, 3.05) is 13.7 Å². The van der Waals surface area contributed by atoms with E-state index >= 15 is 0 Å². The van der Waals surface area contributed by atoms with Gasteiger partial charge < -0.3 is 9.47 Å². The van der Waals surface area contributed by atoms with Crippen molar-refractivity contribution in [3.8, 4) is 22.9 Å². The quantitative estimate of drug-likeness (QED) is 0.490. The maximum Gasteiger partial charge on any atom is 0.291 e. The molecule has 0 amide bonds. The highest BCUT2D eigenvalue weighted by Crippen LogP contribution is 2.21. The van der Waals surface area contributed by atoms with Crippen LogP contribution < -0.4 is 19.6 Å². The first-order valence-corrected chi connectivity index (χ1v) is 10.1. The van der Waals surface area contributed by atoms with Crippen molar-refractivity contribution >= 4 is 22.4 Å². The van der Waals surface area contributed by atoms with Crippen molar-refractivity contribution in [1.29, 1.82) is 0 Å². The minimum atomic E-state index is -0.188. The Morgan fingerprint density at radius 1 is 1.14 bits per heavy atom. The fourth-order valence-electron chi connectivity index (χ4n) is 2.85. The summed E-state index contributed by atoms with van der Waals surface area (Å²) in [5, 5.41) is 4.40. The van der Waals surface area contributed by atoms with Gasteiger partial charge in [0.1, 0.15) is 11.5 Å². The Kier molecular flexibility index (Phi) is 5.31. The molecule has 0 aliphatic rings.